The summed E-state index contributed by atoms with van der Waals surface area (Å²) in [6, 6.07) is 0. The SMILES string of the molecule is O=C(O)CSCCCC(=O)OC1CCCC1. The molecule has 16 heavy (non-hydrogen) atoms. The van der Waals surface area contributed by atoms with Crippen LogP contribution in [0.2, 0.25) is 0 Å². The molecule has 0 heterocycles. The van der Waals surface area contributed by atoms with Crippen molar-refractivity contribution in [3.8, 4) is 0 Å². The summed E-state index contributed by atoms with van der Waals surface area (Å²) in [4.78, 5) is 21.6. The molecular formula is C11H18O4S. The van der Waals surface area contributed by atoms with E-state index in [0.717, 1.165) is 25.7 Å². The third kappa shape index (κ3) is 6.00. The second-order valence-corrected chi connectivity index (χ2v) is 5.05. The first-order valence-corrected chi connectivity index (χ1v) is 6.83. The summed E-state index contributed by atoms with van der Waals surface area (Å²) in [6.45, 7) is 0. The maximum Gasteiger partial charge on any atom is 0.313 e. The van der Waals surface area contributed by atoms with Gasteiger partial charge in [-0.3, -0.25) is 9.59 Å². The van der Waals surface area contributed by atoms with Gasteiger partial charge in [0, 0.05) is 6.42 Å². The van der Waals surface area contributed by atoms with Crippen LogP contribution >= 0.6 is 11.8 Å². The summed E-state index contributed by atoms with van der Waals surface area (Å²) in [5.41, 5.74) is 0. The van der Waals surface area contributed by atoms with E-state index in [9.17, 15) is 9.59 Å². The van der Waals surface area contributed by atoms with Crippen LogP contribution in [0.1, 0.15) is 38.5 Å². The average Bonchev–Trinajstić information content (AvgIpc) is 2.69. The Balaban J connectivity index is 1.95. The Bertz CT molecular complexity index is 236. The van der Waals surface area contributed by atoms with Crippen molar-refractivity contribution < 1.29 is 19.4 Å². The molecule has 1 saturated carbocycles. The summed E-state index contributed by atoms with van der Waals surface area (Å²) < 4.78 is 5.27. The molecule has 0 aliphatic heterocycles. The number of carbonyl (C=O) groups excluding carboxylic acids is 1. The Hall–Kier alpha value is -0.710. The van der Waals surface area contributed by atoms with Crippen LogP contribution in [0.15, 0.2) is 0 Å². The van der Waals surface area contributed by atoms with Crippen LogP contribution in [0.4, 0.5) is 0 Å². The minimum atomic E-state index is -0.807. The number of carboxylic acids is 1. The molecule has 0 saturated heterocycles. The molecule has 1 fully saturated rings. The third-order valence-electron chi connectivity index (χ3n) is 2.50. The fourth-order valence-electron chi connectivity index (χ4n) is 1.73. The molecular weight excluding hydrogens is 228 g/mol. The minimum absolute atomic E-state index is 0.109. The Morgan fingerprint density at radius 3 is 2.62 bits per heavy atom. The molecule has 0 bridgehead atoms. The van der Waals surface area contributed by atoms with Gasteiger partial charge in [-0.05, 0) is 37.9 Å². The van der Waals surface area contributed by atoms with Crippen LogP contribution in [0.5, 0.6) is 0 Å². The van der Waals surface area contributed by atoms with E-state index < -0.39 is 5.97 Å². The van der Waals surface area contributed by atoms with E-state index in [2.05, 4.69) is 0 Å². The highest BCUT2D eigenvalue weighted by atomic mass is 32.2. The van der Waals surface area contributed by atoms with Gasteiger partial charge in [0.1, 0.15) is 6.10 Å². The number of thioether (sulfide) groups is 1. The Labute approximate surface area is 99.7 Å². The van der Waals surface area contributed by atoms with E-state index in [4.69, 9.17) is 9.84 Å². The predicted octanol–water partition coefficient (Wildman–Crippen LogP) is 2.07. The van der Waals surface area contributed by atoms with Crippen LogP contribution in [0.3, 0.4) is 0 Å². The zero-order valence-electron chi connectivity index (χ0n) is 9.31. The van der Waals surface area contributed by atoms with E-state index in [1.54, 1.807) is 0 Å². The van der Waals surface area contributed by atoms with Crippen LogP contribution in [-0.4, -0.2) is 34.7 Å². The number of carbonyl (C=O) groups is 2. The number of carboxylic acid groups (broad SMARTS) is 1. The molecule has 0 aromatic heterocycles. The van der Waals surface area contributed by atoms with Gasteiger partial charge in [-0.25, -0.2) is 0 Å². The number of esters is 1. The maximum absolute atomic E-state index is 11.3. The molecule has 92 valence electrons. The molecule has 4 nitrogen and oxygen atoms in total. The zero-order chi connectivity index (χ0) is 11.8. The summed E-state index contributed by atoms with van der Waals surface area (Å²) in [5, 5.41) is 8.40. The fourth-order valence-corrected chi connectivity index (χ4v) is 2.40. The first-order chi connectivity index (χ1) is 7.68. The van der Waals surface area contributed by atoms with Crippen LogP contribution in [-0.2, 0) is 14.3 Å². The number of rotatable bonds is 7. The minimum Gasteiger partial charge on any atom is -0.481 e. The molecule has 5 heteroatoms. The number of aliphatic carboxylic acids is 1. The van der Waals surface area contributed by atoms with Gasteiger partial charge in [-0.1, -0.05) is 0 Å². The smallest absolute Gasteiger partial charge is 0.313 e. The van der Waals surface area contributed by atoms with Gasteiger partial charge >= 0.3 is 11.9 Å². The van der Waals surface area contributed by atoms with E-state index in [0.29, 0.717) is 18.6 Å². The lowest BCUT2D eigenvalue weighted by molar-refractivity contribution is -0.148. The normalized spacial score (nSPS) is 16.2. The summed E-state index contributed by atoms with van der Waals surface area (Å²) in [7, 11) is 0. The summed E-state index contributed by atoms with van der Waals surface area (Å²) >= 11 is 1.34. The van der Waals surface area contributed by atoms with Crippen LogP contribution < -0.4 is 0 Å². The van der Waals surface area contributed by atoms with Gasteiger partial charge in [-0.2, -0.15) is 11.8 Å². The number of ether oxygens (including phenoxy) is 1. The topological polar surface area (TPSA) is 63.6 Å². The van der Waals surface area contributed by atoms with Crippen molar-refractivity contribution in [2.45, 2.75) is 44.6 Å². The molecule has 1 aliphatic carbocycles. The monoisotopic (exact) mass is 246 g/mol. The largest absolute Gasteiger partial charge is 0.481 e. The highest BCUT2D eigenvalue weighted by molar-refractivity contribution is 7.99. The van der Waals surface area contributed by atoms with E-state index in [1.165, 1.54) is 11.8 Å². The van der Waals surface area contributed by atoms with Gasteiger partial charge in [0.05, 0.1) is 5.75 Å². The molecule has 1 N–H and O–H groups in total. The number of hydrogen-bond acceptors (Lipinski definition) is 4. The Morgan fingerprint density at radius 2 is 2.00 bits per heavy atom. The molecule has 0 aromatic carbocycles. The van der Waals surface area contributed by atoms with Crippen molar-refractivity contribution in [3.05, 3.63) is 0 Å². The van der Waals surface area contributed by atoms with E-state index in [1.807, 2.05) is 0 Å². The van der Waals surface area contributed by atoms with Gasteiger partial charge < -0.3 is 9.84 Å². The lowest BCUT2D eigenvalue weighted by Gasteiger charge is -2.10. The predicted molar refractivity (Wildman–Crippen MR) is 62.5 cm³/mol. The second-order valence-electron chi connectivity index (χ2n) is 3.95. The quantitative estimate of drug-likeness (QED) is 0.550. The number of hydrogen-bond donors (Lipinski definition) is 1. The first-order valence-electron chi connectivity index (χ1n) is 5.67. The van der Waals surface area contributed by atoms with Crippen molar-refractivity contribution in [2.24, 2.45) is 0 Å². The fraction of sp³-hybridized carbons (Fsp3) is 0.818. The Kier molecular flexibility index (Phi) is 6.30. The Morgan fingerprint density at radius 1 is 1.31 bits per heavy atom. The molecule has 0 aromatic rings. The van der Waals surface area contributed by atoms with Gasteiger partial charge in [0.15, 0.2) is 0 Å². The van der Waals surface area contributed by atoms with Gasteiger partial charge in [0.2, 0.25) is 0 Å². The second kappa shape index (κ2) is 7.54. The van der Waals surface area contributed by atoms with E-state index in [-0.39, 0.29) is 17.8 Å². The first kappa shape index (κ1) is 13.4. The lowest BCUT2D eigenvalue weighted by Crippen LogP contribution is -2.14. The standard InChI is InChI=1S/C11H18O4S/c12-10(13)8-16-7-3-6-11(14)15-9-4-1-2-5-9/h9H,1-8H2,(H,12,13). The van der Waals surface area contributed by atoms with Crippen LogP contribution in [0.25, 0.3) is 0 Å². The van der Waals surface area contributed by atoms with Crippen LogP contribution in [0, 0.1) is 0 Å². The molecule has 1 aliphatic rings. The third-order valence-corrected chi connectivity index (χ3v) is 3.52. The van der Waals surface area contributed by atoms with E-state index >= 15 is 0 Å². The lowest BCUT2D eigenvalue weighted by atomic mass is 10.3. The summed E-state index contributed by atoms with van der Waals surface area (Å²) in [5.74, 6) is -0.134. The van der Waals surface area contributed by atoms with Crippen molar-refractivity contribution in [2.75, 3.05) is 11.5 Å². The average molecular weight is 246 g/mol. The molecule has 0 amide bonds. The zero-order valence-corrected chi connectivity index (χ0v) is 10.1. The van der Waals surface area contributed by atoms with Crippen molar-refractivity contribution in [3.63, 3.8) is 0 Å². The molecule has 0 spiro atoms. The molecule has 0 radical (unpaired) electrons. The highest BCUT2D eigenvalue weighted by Crippen LogP contribution is 2.21. The van der Waals surface area contributed by atoms with Crippen molar-refractivity contribution >= 4 is 23.7 Å². The van der Waals surface area contributed by atoms with Gasteiger partial charge in [-0.15, -0.1) is 0 Å². The summed E-state index contributed by atoms with van der Waals surface area (Å²) in [6.07, 6.45) is 5.56. The van der Waals surface area contributed by atoms with Crippen molar-refractivity contribution in [1.82, 2.24) is 0 Å². The molecule has 1 rings (SSSR count). The molecule has 0 atom stereocenters. The van der Waals surface area contributed by atoms with Crippen molar-refractivity contribution in [1.29, 1.82) is 0 Å². The molecule has 0 unspecified atom stereocenters. The highest BCUT2D eigenvalue weighted by Gasteiger charge is 2.18. The maximum atomic E-state index is 11.3. The van der Waals surface area contributed by atoms with Gasteiger partial charge in [0.25, 0.3) is 0 Å².